The topological polar surface area (TPSA) is 30.2 Å². The molecule has 0 saturated carbocycles. The summed E-state index contributed by atoms with van der Waals surface area (Å²) in [4.78, 5) is 10.9. The first-order valence-corrected chi connectivity index (χ1v) is 4.04. The van der Waals surface area contributed by atoms with Crippen molar-refractivity contribution in [3.63, 3.8) is 0 Å². The Balaban J connectivity index is 2.79. The molecule has 0 aliphatic heterocycles. The Labute approximate surface area is 72.6 Å². The van der Waals surface area contributed by atoms with Gasteiger partial charge in [-0.2, -0.15) is 0 Å². The molecule has 1 aromatic rings. The quantitative estimate of drug-likeness (QED) is 0.690. The minimum Gasteiger partial charge on any atom is -0.472 e. The van der Waals surface area contributed by atoms with E-state index < -0.39 is 0 Å². The first-order valence-electron chi connectivity index (χ1n) is 4.04. The summed E-state index contributed by atoms with van der Waals surface area (Å²) >= 11 is 0. The van der Waals surface area contributed by atoms with Gasteiger partial charge in [0.15, 0.2) is 0 Å². The van der Waals surface area contributed by atoms with Gasteiger partial charge in [-0.1, -0.05) is 13.8 Å². The summed E-state index contributed by atoms with van der Waals surface area (Å²) in [6.45, 7) is 5.69. The van der Waals surface area contributed by atoms with Gasteiger partial charge in [0, 0.05) is 6.42 Å². The molecule has 0 saturated heterocycles. The Morgan fingerprint density at radius 1 is 1.58 bits per heavy atom. The van der Waals surface area contributed by atoms with E-state index in [0.29, 0.717) is 6.42 Å². The summed E-state index contributed by atoms with van der Waals surface area (Å²) in [6.07, 6.45) is 3.90. The summed E-state index contributed by atoms with van der Waals surface area (Å²) in [5.74, 6) is 0.209. The van der Waals surface area contributed by atoms with E-state index in [-0.39, 0.29) is 11.2 Å². The predicted octanol–water partition coefficient (Wildman–Crippen LogP) is 2.54. The van der Waals surface area contributed by atoms with Crippen LogP contribution in [0.1, 0.15) is 32.8 Å². The van der Waals surface area contributed by atoms with E-state index in [1.165, 1.54) is 0 Å². The fraction of sp³-hybridized carbons (Fsp3) is 0.500. The fourth-order valence-corrected chi connectivity index (χ4v) is 1.37. The molecule has 1 heterocycles. The second kappa shape index (κ2) is 3.13. The minimum absolute atomic E-state index is 0.0984. The summed E-state index contributed by atoms with van der Waals surface area (Å²) in [7, 11) is 0. The number of Topliss-reactive ketones (excluding diaryl/α,β-unsaturated/α-hetero) is 1. The first-order chi connectivity index (χ1) is 5.52. The predicted molar refractivity (Wildman–Crippen MR) is 47.0 cm³/mol. The molecule has 0 bridgehead atoms. The summed E-state index contributed by atoms with van der Waals surface area (Å²) in [6, 6.07) is 1.91. The van der Waals surface area contributed by atoms with E-state index >= 15 is 0 Å². The van der Waals surface area contributed by atoms with Crippen molar-refractivity contribution in [1.82, 2.24) is 0 Å². The average Bonchev–Trinajstić information content (AvgIpc) is 2.32. The molecule has 0 aliphatic rings. The molecule has 0 fully saturated rings. The number of rotatable bonds is 3. The Morgan fingerprint density at radius 2 is 2.25 bits per heavy atom. The lowest BCUT2D eigenvalue weighted by Crippen LogP contribution is -2.19. The number of carbonyl (C=O) groups is 1. The van der Waals surface area contributed by atoms with Crippen LogP contribution in [0.3, 0.4) is 0 Å². The average molecular weight is 166 g/mol. The number of ketones is 1. The highest BCUT2D eigenvalue weighted by atomic mass is 16.3. The highest BCUT2D eigenvalue weighted by Gasteiger charge is 2.23. The van der Waals surface area contributed by atoms with Crippen molar-refractivity contribution in [1.29, 1.82) is 0 Å². The Kier molecular flexibility index (Phi) is 2.36. The summed E-state index contributed by atoms with van der Waals surface area (Å²) in [5.41, 5.74) is 0.983. The van der Waals surface area contributed by atoms with Gasteiger partial charge in [-0.3, -0.25) is 4.79 Å². The zero-order valence-electron chi connectivity index (χ0n) is 7.76. The zero-order valence-corrected chi connectivity index (χ0v) is 7.76. The lowest BCUT2D eigenvalue weighted by molar-refractivity contribution is -0.118. The monoisotopic (exact) mass is 166 g/mol. The van der Waals surface area contributed by atoms with Crippen LogP contribution < -0.4 is 0 Å². The molecule has 0 N–H and O–H groups in total. The molecule has 0 aliphatic carbocycles. The van der Waals surface area contributed by atoms with Crippen molar-refractivity contribution in [2.45, 2.75) is 32.6 Å². The first kappa shape index (κ1) is 9.04. The van der Waals surface area contributed by atoms with E-state index in [1.807, 2.05) is 19.9 Å². The second-order valence-corrected chi connectivity index (χ2v) is 3.77. The molecule has 0 aromatic carbocycles. The molecule has 2 nitrogen and oxygen atoms in total. The molecule has 1 aromatic heterocycles. The molecule has 0 atom stereocenters. The van der Waals surface area contributed by atoms with Crippen LogP contribution in [0.15, 0.2) is 23.0 Å². The van der Waals surface area contributed by atoms with E-state index in [1.54, 1.807) is 19.5 Å². The van der Waals surface area contributed by atoms with Crippen molar-refractivity contribution < 1.29 is 9.21 Å². The lowest BCUT2D eigenvalue weighted by Gasteiger charge is -2.20. The van der Waals surface area contributed by atoms with Gasteiger partial charge in [-0.15, -0.1) is 0 Å². The number of furan rings is 1. The largest absolute Gasteiger partial charge is 0.472 e. The van der Waals surface area contributed by atoms with Crippen LogP contribution >= 0.6 is 0 Å². The smallest absolute Gasteiger partial charge is 0.130 e. The fourth-order valence-electron chi connectivity index (χ4n) is 1.37. The van der Waals surface area contributed by atoms with Crippen LogP contribution in [0.5, 0.6) is 0 Å². The van der Waals surface area contributed by atoms with E-state index in [9.17, 15) is 4.79 Å². The number of carbonyl (C=O) groups excluding carboxylic acids is 1. The summed E-state index contributed by atoms with van der Waals surface area (Å²) < 4.78 is 4.97. The maximum atomic E-state index is 10.9. The van der Waals surface area contributed by atoms with Crippen molar-refractivity contribution in [2.75, 3.05) is 0 Å². The van der Waals surface area contributed by atoms with Gasteiger partial charge in [0.1, 0.15) is 5.78 Å². The molecule has 66 valence electrons. The minimum atomic E-state index is -0.0984. The SMILES string of the molecule is CC(=O)CC(C)(C)c1ccoc1. The van der Waals surface area contributed by atoms with Crippen molar-refractivity contribution in [2.24, 2.45) is 0 Å². The molecule has 0 radical (unpaired) electrons. The highest BCUT2D eigenvalue weighted by molar-refractivity contribution is 5.77. The van der Waals surface area contributed by atoms with Gasteiger partial charge in [-0.05, 0) is 24.0 Å². The Morgan fingerprint density at radius 3 is 2.67 bits per heavy atom. The third-order valence-electron chi connectivity index (χ3n) is 1.99. The zero-order chi connectivity index (χ0) is 9.19. The molecule has 0 unspecified atom stereocenters. The van der Waals surface area contributed by atoms with E-state index in [2.05, 4.69) is 0 Å². The molecule has 0 amide bonds. The van der Waals surface area contributed by atoms with Gasteiger partial charge < -0.3 is 4.42 Å². The maximum Gasteiger partial charge on any atom is 0.130 e. The van der Waals surface area contributed by atoms with Crippen LogP contribution in [0, 0.1) is 0 Å². The van der Waals surface area contributed by atoms with Crippen molar-refractivity contribution in [3.05, 3.63) is 24.2 Å². The van der Waals surface area contributed by atoms with Crippen LogP contribution in [0.4, 0.5) is 0 Å². The van der Waals surface area contributed by atoms with Crippen LogP contribution in [0.2, 0.25) is 0 Å². The van der Waals surface area contributed by atoms with E-state index in [4.69, 9.17) is 4.42 Å². The second-order valence-electron chi connectivity index (χ2n) is 3.77. The van der Waals surface area contributed by atoms with Gasteiger partial charge in [0.2, 0.25) is 0 Å². The molecular formula is C10H14O2. The molecule has 0 spiro atoms. The van der Waals surface area contributed by atoms with Gasteiger partial charge >= 0.3 is 0 Å². The third kappa shape index (κ3) is 1.97. The van der Waals surface area contributed by atoms with Gasteiger partial charge in [-0.25, -0.2) is 0 Å². The highest BCUT2D eigenvalue weighted by Crippen LogP contribution is 2.27. The van der Waals surface area contributed by atoms with Crippen LogP contribution in [-0.2, 0) is 10.2 Å². The molecule has 12 heavy (non-hydrogen) atoms. The van der Waals surface area contributed by atoms with Crippen LogP contribution in [-0.4, -0.2) is 5.78 Å². The normalized spacial score (nSPS) is 11.6. The van der Waals surface area contributed by atoms with E-state index in [0.717, 1.165) is 5.56 Å². The maximum absolute atomic E-state index is 10.9. The van der Waals surface area contributed by atoms with Gasteiger partial charge in [0.25, 0.3) is 0 Å². The molecular weight excluding hydrogens is 152 g/mol. The molecule has 1 rings (SSSR count). The van der Waals surface area contributed by atoms with Crippen molar-refractivity contribution in [3.8, 4) is 0 Å². The lowest BCUT2D eigenvalue weighted by atomic mass is 9.82. The van der Waals surface area contributed by atoms with Crippen LogP contribution in [0.25, 0.3) is 0 Å². The van der Waals surface area contributed by atoms with Gasteiger partial charge in [0.05, 0.1) is 12.5 Å². The Bertz CT molecular complexity index is 257. The summed E-state index contributed by atoms with van der Waals surface area (Å²) in [5, 5.41) is 0. The Hall–Kier alpha value is -1.05. The molecule has 2 heteroatoms. The number of hydrogen-bond donors (Lipinski definition) is 0. The third-order valence-corrected chi connectivity index (χ3v) is 1.99. The van der Waals surface area contributed by atoms with Crippen molar-refractivity contribution >= 4 is 5.78 Å². The standard InChI is InChI=1S/C10H14O2/c1-8(11)6-10(2,3)9-4-5-12-7-9/h4-5,7H,6H2,1-3H3. The number of hydrogen-bond acceptors (Lipinski definition) is 2.